The molecular formula is C13H20OS. The lowest BCUT2D eigenvalue weighted by atomic mass is 10.1. The molecule has 0 amide bonds. The summed E-state index contributed by atoms with van der Waals surface area (Å²) in [5.41, 5.74) is 0. The van der Waals surface area contributed by atoms with Gasteiger partial charge < -0.3 is 0 Å². The molecule has 0 aliphatic rings. The third-order valence-corrected chi connectivity index (χ3v) is 3.65. The van der Waals surface area contributed by atoms with Crippen molar-refractivity contribution in [1.82, 2.24) is 0 Å². The van der Waals surface area contributed by atoms with Gasteiger partial charge in [0.2, 0.25) is 0 Å². The zero-order valence-corrected chi connectivity index (χ0v) is 10.3. The number of rotatable bonds is 8. The molecule has 1 heterocycles. The lowest BCUT2D eigenvalue weighted by Gasteiger charge is -1.98. The van der Waals surface area contributed by atoms with E-state index in [-0.39, 0.29) is 0 Å². The van der Waals surface area contributed by atoms with Gasteiger partial charge in [0, 0.05) is 4.88 Å². The number of carbonyl (C=O) groups excluding carboxylic acids is 1. The normalized spacial score (nSPS) is 10.5. The summed E-state index contributed by atoms with van der Waals surface area (Å²) in [5.74, 6) is 0. The average Bonchev–Trinajstić information content (AvgIpc) is 2.71. The first-order valence-electron chi connectivity index (χ1n) is 5.90. The second-order valence-corrected chi connectivity index (χ2v) is 5.14. The van der Waals surface area contributed by atoms with Crippen LogP contribution in [0.25, 0.3) is 0 Å². The van der Waals surface area contributed by atoms with E-state index in [9.17, 15) is 4.79 Å². The Morgan fingerprint density at radius 3 is 2.53 bits per heavy atom. The lowest BCUT2D eigenvalue weighted by molar-refractivity contribution is 0.112. The first-order valence-corrected chi connectivity index (χ1v) is 6.72. The van der Waals surface area contributed by atoms with E-state index >= 15 is 0 Å². The van der Waals surface area contributed by atoms with Gasteiger partial charge in [-0.2, -0.15) is 0 Å². The Balaban J connectivity index is 2.07. The highest BCUT2D eigenvalue weighted by Crippen LogP contribution is 2.17. The minimum atomic E-state index is 0.857. The Kier molecular flexibility index (Phi) is 6.33. The highest BCUT2D eigenvalue weighted by molar-refractivity contribution is 7.13. The maximum atomic E-state index is 10.5. The lowest BCUT2D eigenvalue weighted by Crippen LogP contribution is -1.82. The van der Waals surface area contributed by atoms with Gasteiger partial charge >= 0.3 is 0 Å². The summed E-state index contributed by atoms with van der Waals surface area (Å²) in [6, 6.07) is 4.00. The van der Waals surface area contributed by atoms with E-state index in [0.717, 1.165) is 17.6 Å². The smallest absolute Gasteiger partial charge is 0.160 e. The molecule has 1 nitrogen and oxygen atoms in total. The third kappa shape index (κ3) is 5.12. The SMILES string of the molecule is CCCCCCCCc1ccc(C=O)s1. The predicted octanol–water partition coefficient (Wildman–Crippen LogP) is 4.46. The van der Waals surface area contributed by atoms with E-state index in [2.05, 4.69) is 13.0 Å². The number of thiophene rings is 1. The predicted molar refractivity (Wildman–Crippen MR) is 66.8 cm³/mol. The summed E-state index contributed by atoms with van der Waals surface area (Å²) in [6.45, 7) is 2.24. The minimum Gasteiger partial charge on any atom is -0.297 e. The van der Waals surface area contributed by atoms with Gasteiger partial charge in [-0.05, 0) is 25.0 Å². The van der Waals surface area contributed by atoms with Gasteiger partial charge in [0.25, 0.3) is 0 Å². The number of aryl methyl sites for hydroxylation is 1. The van der Waals surface area contributed by atoms with E-state index in [0.29, 0.717) is 0 Å². The van der Waals surface area contributed by atoms with Crippen molar-refractivity contribution in [3.8, 4) is 0 Å². The van der Waals surface area contributed by atoms with Crippen molar-refractivity contribution in [2.75, 3.05) is 0 Å². The van der Waals surface area contributed by atoms with E-state index in [1.54, 1.807) is 11.3 Å². The van der Waals surface area contributed by atoms with E-state index in [1.807, 2.05) is 6.07 Å². The van der Waals surface area contributed by atoms with E-state index in [4.69, 9.17) is 0 Å². The van der Waals surface area contributed by atoms with Crippen LogP contribution in [0.1, 0.15) is 60.0 Å². The largest absolute Gasteiger partial charge is 0.297 e. The molecule has 2 heteroatoms. The molecule has 0 aromatic carbocycles. The molecular weight excluding hydrogens is 204 g/mol. The Morgan fingerprint density at radius 2 is 1.87 bits per heavy atom. The first-order chi connectivity index (χ1) is 7.36. The molecule has 15 heavy (non-hydrogen) atoms. The fourth-order valence-corrected chi connectivity index (χ4v) is 2.54. The fraction of sp³-hybridized carbons (Fsp3) is 0.615. The van der Waals surface area contributed by atoms with Crippen molar-refractivity contribution in [3.05, 3.63) is 21.9 Å². The van der Waals surface area contributed by atoms with Crippen LogP contribution in [0.3, 0.4) is 0 Å². The molecule has 0 radical (unpaired) electrons. The van der Waals surface area contributed by atoms with Gasteiger partial charge in [-0.15, -0.1) is 11.3 Å². The maximum Gasteiger partial charge on any atom is 0.160 e. The highest BCUT2D eigenvalue weighted by atomic mass is 32.1. The van der Waals surface area contributed by atoms with Crippen molar-refractivity contribution in [1.29, 1.82) is 0 Å². The van der Waals surface area contributed by atoms with Crippen LogP contribution in [-0.2, 0) is 6.42 Å². The number of aldehydes is 1. The summed E-state index contributed by atoms with van der Waals surface area (Å²) in [6.07, 6.45) is 10.1. The summed E-state index contributed by atoms with van der Waals surface area (Å²) in [4.78, 5) is 12.7. The molecule has 0 bridgehead atoms. The molecule has 0 spiro atoms. The molecule has 1 aromatic rings. The molecule has 0 aliphatic heterocycles. The van der Waals surface area contributed by atoms with Crippen molar-refractivity contribution in [2.45, 2.75) is 51.9 Å². The molecule has 0 saturated carbocycles. The zero-order chi connectivity index (χ0) is 10.9. The van der Waals surface area contributed by atoms with Crippen molar-refractivity contribution >= 4 is 17.6 Å². The first kappa shape index (κ1) is 12.4. The Bertz CT molecular complexity index is 278. The van der Waals surface area contributed by atoms with Gasteiger partial charge in [0.05, 0.1) is 4.88 Å². The molecule has 1 rings (SSSR count). The minimum absolute atomic E-state index is 0.857. The fourth-order valence-electron chi connectivity index (χ4n) is 1.67. The van der Waals surface area contributed by atoms with Crippen LogP contribution in [-0.4, -0.2) is 6.29 Å². The zero-order valence-electron chi connectivity index (χ0n) is 9.50. The van der Waals surface area contributed by atoms with Crippen molar-refractivity contribution < 1.29 is 4.79 Å². The number of unbranched alkanes of at least 4 members (excludes halogenated alkanes) is 5. The Morgan fingerprint density at radius 1 is 1.13 bits per heavy atom. The molecule has 1 aromatic heterocycles. The van der Waals surface area contributed by atoms with Gasteiger partial charge in [-0.3, -0.25) is 4.79 Å². The van der Waals surface area contributed by atoms with Crippen molar-refractivity contribution in [3.63, 3.8) is 0 Å². The quantitative estimate of drug-likeness (QED) is 0.470. The summed E-state index contributed by atoms with van der Waals surface area (Å²) < 4.78 is 0. The average molecular weight is 224 g/mol. The Labute approximate surface area is 96.5 Å². The molecule has 0 fully saturated rings. The number of carbonyl (C=O) groups is 1. The standard InChI is InChI=1S/C13H20OS/c1-2-3-4-5-6-7-8-12-9-10-13(11-14)15-12/h9-11H,2-8H2,1H3. The van der Waals surface area contributed by atoms with Crippen molar-refractivity contribution in [2.24, 2.45) is 0 Å². The maximum absolute atomic E-state index is 10.5. The molecule has 0 aliphatic carbocycles. The highest BCUT2D eigenvalue weighted by Gasteiger charge is 1.98. The van der Waals surface area contributed by atoms with Crippen LogP contribution < -0.4 is 0 Å². The number of hydrogen-bond acceptors (Lipinski definition) is 2. The Hall–Kier alpha value is -0.630. The van der Waals surface area contributed by atoms with E-state index < -0.39 is 0 Å². The van der Waals surface area contributed by atoms with Crippen LogP contribution in [0.4, 0.5) is 0 Å². The molecule has 0 atom stereocenters. The van der Waals surface area contributed by atoms with Crippen LogP contribution in [0, 0.1) is 0 Å². The molecule has 0 unspecified atom stereocenters. The third-order valence-electron chi connectivity index (χ3n) is 2.58. The monoisotopic (exact) mass is 224 g/mol. The van der Waals surface area contributed by atoms with Gasteiger partial charge in [0.15, 0.2) is 6.29 Å². The number of hydrogen-bond donors (Lipinski definition) is 0. The van der Waals surface area contributed by atoms with Crippen LogP contribution in [0.2, 0.25) is 0 Å². The van der Waals surface area contributed by atoms with Crippen LogP contribution >= 0.6 is 11.3 Å². The molecule has 0 saturated heterocycles. The summed E-state index contributed by atoms with van der Waals surface area (Å²) in [5, 5.41) is 0. The molecule has 84 valence electrons. The molecule has 0 N–H and O–H groups in total. The van der Waals surface area contributed by atoms with Crippen LogP contribution in [0.5, 0.6) is 0 Å². The van der Waals surface area contributed by atoms with E-state index in [1.165, 1.54) is 43.4 Å². The topological polar surface area (TPSA) is 17.1 Å². The van der Waals surface area contributed by atoms with Crippen LogP contribution in [0.15, 0.2) is 12.1 Å². The summed E-state index contributed by atoms with van der Waals surface area (Å²) >= 11 is 1.63. The van der Waals surface area contributed by atoms with Gasteiger partial charge in [0.1, 0.15) is 0 Å². The second-order valence-electron chi connectivity index (χ2n) is 3.94. The van der Waals surface area contributed by atoms with Gasteiger partial charge in [-0.25, -0.2) is 0 Å². The second kappa shape index (κ2) is 7.63. The van der Waals surface area contributed by atoms with Gasteiger partial charge in [-0.1, -0.05) is 39.0 Å². The summed E-state index contributed by atoms with van der Waals surface area (Å²) in [7, 11) is 0.